The summed E-state index contributed by atoms with van der Waals surface area (Å²) in [5.41, 5.74) is 0.928. The molecule has 0 N–H and O–H groups in total. The molecule has 0 heterocycles. The largest absolute Gasteiger partial charge is 0.280 e. The summed E-state index contributed by atoms with van der Waals surface area (Å²) >= 11 is 0. The van der Waals surface area contributed by atoms with Gasteiger partial charge in [0.25, 0.3) is 5.69 Å². The Labute approximate surface area is 101 Å². The maximum atomic E-state index is 10.4. The Morgan fingerprint density at radius 3 is 2.65 bits per heavy atom. The fourth-order valence-electron chi connectivity index (χ4n) is 1.15. The lowest BCUT2D eigenvalue weighted by atomic mass is 10.2. The first-order chi connectivity index (χ1) is 8.24. The van der Waals surface area contributed by atoms with E-state index >= 15 is 0 Å². The van der Waals surface area contributed by atoms with Crippen molar-refractivity contribution in [3.63, 3.8) is 0 Å². The van der Waals surface area contributed by atoms with Crippen LogP contribution in [0.4, 0.5) is 5.69 Å². The maximum absolute atomic E-state index is 10.4. The van der Waals surface area contributed by atoms with Crippen molar-refractivity contribution in [2.24, 2.45) is 4.99 Å². The highest BCUT2D eigenvalue weighted by atomic mass is 16.6. The molecule has 1 aromatic rings. The average molecular weight is 230 g/mol. The fraction of sp³-hybridized carbons (Fsp3) is 0.308. The first-order valence-electron chi connectivity index (χ1n) is 5.44. The van der Waals surface area contributed by atoms with Gasteiger partial charge in [-0.25, -0.2) is 0 Å². The molecule has 1 aromatic carbocycles. The molecule has 0 amide bonds. The standard InChI is InChI=1S/C13H14N2O2/c1-2-3-4-5-10-14-11-12-6-8-13(9-7-12)15(16)17/h6-9,11H,2-3,10H2,1H3. The number of unbranched alkanes of at least 4 members (excludes halogenated alkanes) is 1. The second-order valence-electron chi connectivity index (χ2n) is 3.42. The predicted molar refractivity (Wildman–Crippen MR) is 68.2 cm³/mol. The number of nitro benzene ring substituents is 1. The lowest BCUT2D eigenvalue weighted by Crippen LogP contribution is -1.88. The Kier molecular flexibility index (Phi) is 5.45. The molecular formula is C13H14N2O2. The number of aliphatic imine (C=N–C) groups is 1. The highest BCUT2D eigenvalue weighted by molar-refractivity contribution is 5.80. The zero-order valence-electron chi connectivity index (χ0n) is 9.72. The lowest BCUT2D eigenvalue weighted by molar-refractivity contribution is -0.384. The molecule has 0 radical (unpaired) electrons. The average Bonchev–Trinajstić information content (AvgIpc) is 2.34. The SMILES string of the molecule is CCCC#CCN=Cc1ccc([N+](=O)[O-])cc1. The number of non-ortho nitro benzene ring substituents is 1. The van der Waals surface area contributed by atoms with Gasteiger partial charge in [0.15, 0.2) is 0 Å². The maximum Gasteiger partial charge on any atom is 0.269 e. The van der Waals surface area contributed by atoms with Gasteiger partial charge in [0.2, 0.25) is 0 Å². The predicted octanol–water partition coefficient (Wildman–Crippen LogP) is 2.82. The van der Waals surface area contributed by atoms with Crippen LogP contribution in [0.15, 0.2) is 29.3 Å². The Balaban J connectivity index is 2.50. The molecule has 0 unspecified atom stereocenters. The van der Waals surface area contributed by atoms with Crippen molar-refractivity contribution in [2.45, 2.75) is 19.8 Å². The van der Waals surface area contributed by atoms with Gasteiger partial charge in [0.05, 0.1) is 11.5 Å². The molecule has 0 fully saturated rings. The van der Waals surface area contributed by atoms with E-state index in [9.17, 15) is 10.1 Å². The molecular weight excluding hydrogens is 216 g/mol. The minimum absolute atomic E-state index is 0.0879. The molecule has 4 heteroatoms. The molecule has 0 aromatic heterocycles. The zero-order chi connectivity index (χ0) is 12.5. The van der Waals surface area contributed by atoms with Gasteiger partial charge in [-0.2, -0.15) is 0 Å². The Morgan fingerprint density at radius 1 is 1.35 bits per heavy atom. The first kappa shape index (κ1) is 12.9. The summed E-state index contributed by atoms with van der Waals surface area (Å²) < 4.78 is 0. The molecule has 1 rings (SSSR count). The van der Waals surface area contributed by atoms with Gasteiger partial charge >= 0.3 is 0 Å². The van der Waals surface area contributed by atoms with E-state index in [1.165, 1.54) is 12.1 Å². The number of nitro groups is 1. The van der Waals surface area contributed by atoms with Gasteiger partial charge in [0.1, 0.15) is 0 Å². The molecule has 0 aliphatic rings. The van der Waals surface area contributed by atoms with Crippen molar-refractivity contribution >= 4 is 11.9 Å². The van der Waals surface area contributed by atoms with Gasteiger partial charge in [-0.15, -0.1) is 5.92 Å². The third-order valence-corrected chi connectivity index (χ3v) is 2.01. The molecule has 0 spiro atoms. The Hall–Kier alpha value is -2.15. The molecule has 0 saturated heterocycles. The topological polar surface area (TPSA) is 55.5 Å². The first-order valence-corrected chi connectivity index (χ1v) is 5.44. The highest BCUT2D eigenvalue weighted by Crippen LogP contribution is 2.10. The molecule has 17 heavy (non-hydrogen) atoms. The Bertz CT molecular complexity index is 453. The quantitative estimate of drug-likeness (QED) is 0.345. The van der Waals surface area contributed by atoms with Crippen molar-refractivity contribution in [3.05, 3.63) is 39.9 Å². The van der Waals surface area contributed by atoms with E-state index in [0.717, 1.165) is 18.4 Å². The van der Waals surface area contributed by atoms with Crippen molar-refractivity contribution in [3.8, 4) is 11.8 Å². The third kappa shape index (κ3) is 4.94. The lowest BCUT2D eigenvalue weighted by Gasteiger charge is -1.92. The van der Waals surface area contributed by atoms with Crippen molar-refractivity contribution < 1.29 is 4.92 Å². The van der Waals surface area contributed by atoms with Crippen LogP contribution >= 0.6 is 0 Å². The van der Waals surface area contributed by atoms with Crippen molar-refractivity contribution in [1.82, 2.24) is 0 Å². The zero-order valence-corrected chi connectivity index (χ0v) is 9.72. The van der Waals surface area contributed by atoms with Crippen LogP contribution in [0.1, 0.15) is 25.3 Å². The molecule has 0 atom stereocenters. The number of hydrogen-bond donors (Lipinski definition) is 0. The summed E-state index contributed by atoms with van der Waals surface area (Å²) in [7, 11) is 0. The third-order valence-electron chi connectivity index (χ3n) is 2.01. The van der Waals surface area contributed by atoms with Crippen molar-refractivity contribution in [2.75, 3.05) is 6.54 Å². The molecule has 0 saturated carbocycles. The summed E-state index contributed by atoms with van der Waals surface area (Å²) in [6.07, 6.45) is 3.62. The van der Waals surface area contributed by atoms with Gasteiger partial charge in [0, 0.05) is 24.8 Å². The van der Waals surface area contributed by atoms with Crippen LogP contribution in [0.25, 0.3) is 0 Å². The van der Waals surface area contributed by atoms with Gasteiger partial charge in [-0.3, -0.25) is 15.1 Å². The molecule has 0 bridgehead atoms. The number of rotatable bonds is 4. The van der Waals surface area contributed by atoms with Gasteiger partial charge in [-0.1, -0.05) is 12.8 Å². The van der Waals surface area contributed by atoms with Crippen LogP contribution in [0.5, 0.6) is 0 Å². The number of hydrogen-bond acceptors (Lipinski definition) is 3. The van der Waals surface area contributed by atoms with Crippen LogP contribution in [0.2, 0.25) is 0 Å². The summed E-state index contributed by atoms with van der Waals surface area (Å²) in [6, 6.07) is 6.26. The van der Waals surface area contributed by atoms with Crippen LogP contribution in [-0.2, 0) is 0 Å². The Morgan fingerprint density at radius 2 is 2.06 bits per heavy atom. The van der Waals surface area contributed by atoms with Gasteiger partial charge in [-0.05, 0) is 24.1 Å². The fourth-order valence-corrected chi connectivity index (χ4v) is 1.15. The number of nitrogens with zero attached hydrogens (tertiary/aromatic N) is 2. The van der Waals surface area contributed by atoms with E-state index in [0.29, 0.717) is 6.54 Å². The molecule has 0 aliphatic carbocycles. The van der Waals surface area contributed by atoms with E-state index in [-0.39, 0.29) is 5.69 Å². The van der Waals surface area contributed by atoms with E-state index in [2.05, 4.69) is 23.8 Å². The second kappa shape index (κ2) is 7.18. The van der Waals surface area contributed by atoms with Crippen LogP contribution in [0.3, 0.4) is 0 Å². The number of benzene rings is 1. The van der Waals surface area contributed by atoms with Crippen LogP contribution in [0, 0.1) is 22.0 Å². The smallest absolute Gasteiger partial charge is 0.269 e. The summed E-state index contributed by atoms with van der Waals surface area (Å²) in [4.78, 5) is 14.1. The molecule has 88 valence electrons. The second-order valence-corrected chi connectivity index (χ2v) is 3.42. The van der Waals surface area contributed by atoms with E-state index < -0.39 is 4.92 Å². The van der Waals surface area contributed by atoms with Crippen molar-refractivity contribution in [1.29, 1.82) is 0 Å². The summed E-state index contributed by atoms with van der Waals surface area (Å²) in [6.45, 7) is 2.55. The highest BCUT2D eigenvalue weighted by Gasteiger charge is 2.01. The van der Waals surface area contributed by atoms with Gasteiger partial charge < -0.3 is 0 Å². The van der Waals surface area contributed by atoms with E-state index in [4.69, 9.17) is 0 Å². The van der Waals surface area contributed by atoms with Crippen LogP contribution in [-0.4, -0.2) is 17.7 Å². The minimum Gasteiger partial charge on any atom is -0.280 e. The monoisotopic (exact) mass is 230 g/mol. The summed E-state index contributed by atoms with van der Waals surface area (Å²) in [5, 5.41) is 10.4. The molecule has 0 aliphatic heterocycles. The van der Waals surface area contributed by atoms with E-state index in [1.54, 1.807) is 18.3 Å². The minimum atomic E-state index is -0.419. The van der Waals surface area contributed by atoms with Crippen LogP contribution < -0.4 is 0 Å². The van der Waals surface area contributed by atoms with E-state index in [1.807, 2.05) is 0 Å². The molecule has 4 nitrogen and oxygen atoms in total. The normalized spacial score (nSPS) is 9.94. The summed E-state index contributed by atoms with van der Waals surface area (Å²) in [5.74, 6) is 5.92.